The second kappa shape index (κ2) is 18.3. The molecule has 3 atom stereocenters. The summed E-state index contributed by atoms with van der Waals surface area (Å²) < 4.78 is 14.1. The number of hydrogen-bond donors (Lipinski definition) is 2. The van der Waals surface area contributed by atoms with Crippen molar-refractivity contribution in [3.05, 3.63) is 88.5 Å². The molecule has 0 bridgehead atoms. The lowest BCUT2D eigenvalue weighted by Crippen LogP contribution is -2.38. The molecule has 2 heterocycles. The molecule has 1 aliphatic carbocycles. The third-order valence-electron chi connectivity index (χ3n) is 8.97. The van der Waals surface area contributed by atoms with Crippen molar-refractivity contribution in [2.24, 2.45) is 17.8 Å². The van der Waals surface area contributed by atoms with Crippen molar-refractivity contribution in [1.29, 1.82) is 0 Å². The first kappa shape index (κ1) is 35.7. The van der Waals surface area contributed by atoms with Crippen LogP contribution in [0.4, 0.5) is 4.39 Å². The topological polar surface area (TPSA) is 70.4 Å². The lowest BCUT2D eigenvalue weighted by atomic mass is 9.91. The van der Waals surface area contributed by atoms with Crippen LogP contribution >= 0.6 is 11.6 Å². The summed E-state index contributed by atoms with van der Waals surface area (Å²) in [5, 5.41) is 16.9. The van der Waals surface area contributed by atoms with E-state index in [-0.39, 0.29) is 11.7 Å². The third-order valence-corrected chi connectivity index (χ3v) is 9.23. The number of nitrogens with one attached hydrogen (secondary N) is 1. The Morgan fingerprint density at radius 1 is 1.07 bits per heavy atom. The maximum Gasteiger partial charge on any atom is 0.320 e. The van der Waals surface area contributed by atoms with Gasteiger partial charge >= 0.3 is 5.97 Å². The number of carboxylic acid groups (broad SMARTS) is 1. The Hall–Kier alpha value is -2.74. The van der Waals surface area contributed by atoms with Gasteiger partial charge in [0, 0.05) is 36.1 Å². The van der Waals surface area contributed by atoms with Gasteiger partial charge in [-0.2, -0.15) is 5.10 Å². The average molecular weight is 627 g/mol. The molecule has 242 valence electrons. The van der Waals surface area contributed by atoms with Crippen LogP contribution in [0.25, 0.3) is 0 Å². The summed E-state index contributed by atoms with van der Waals surface area (Å²) in [6, 6.07) is 18.0. The normalized spacial score (nSPS) is 19.5. The molecule has 5 rings (SSSR count). The molecular formula is C36H52ClFN4O2. The highest BCUT2D eigenvalue weighted by Gasteiger charge is 2.29. The van der Waals surface area contributed by atoms with E-state index in [2.05, 4.69) is 46.9 Å². The quantitative estimate of drug-likeness (QED) is 0.253. The van der Waals surface area contributed by atoms with Crippen LogP contribution in [0.1, 0.15) is 82.7 Å². The number of likely N-dealkylation sites (tertiary alicyclic amines) is 1. The van der Waals surface area contributed by atoms with Crippen LogP contribution in [0.15, 0.2) is 60.7 Å². The molecular weight excluding hydrogens is 575 g/mol. The van der Waals surface area contributed by atoms with Crippen molar-refractivity contribution in [2.45, 2.75) is 84.7 Å². The molecule has 1 saturated heterocycles. The zero-order chi connectivity index (χ0) is 32.1. The number of hydrogen-bond acceptors (Lipinski definition) is 4. The number of aliphatic carboxylic acids is 1. The summed E-state index contributed by atoms with van der Waals surface area (Å²) in [5.74, 6) is 1.70. The number of carboxylic acids is 1. The van der Waals surface area contributed by atoms with Crippen molar-refractivity contribution in [2.75, 3.05) is 26.7 Å². The molecule has 2 fully saturated rings. The second-order valence-electron chi connectivity index (χ2n) is 12.6. The number of piperidine rings is 1. The average Bonchev–Trinajstić information content (AvgIpc) is 3.61. The van der Waals surface area contributed by atoms with Gasteiger partial charge in [-0.1, -0.05) is 75.5 Å². The van der Waals surface area contributed by atoms with E-state index >= 15 is 0 Å². The number of benzene rings is 2. The standard InChI is InChI=1S/C24H34ClN3.C6H5F.C6H13NO2/c1-3-28-24(16-23(26-28)15-19-7-9-22(25)10-8-19)20-11-13-27(14-12-20)17-21-6-4-5-18(21)2;7-6-4-2-1-3-5-6;1-4(2)5(7-3)6(8)9/h7-10,16,18,20-21H,3-6,11-15,17H2,1-2H3;1-5H;4-5,7H,1-3H3,(H,8,9). The fraction of sp³-hybridized carbons (Fsp3) is 0.556. The highest BCUT2D eigenvalue weighted by Crippen LogP contribution is 2.34. The van der Waals surface area contributed by atoms with Gasteiger partial charge in [0.2, 0.25) is 0 Å². The van der Waals surface area contributed by atoms with Gasteiger partial charge in [0.25, 0.3) is 0 Å². The molecule has 2 aliphatic rings. The number of aromatic nitrogens is 2. The van der Waals surface area contributed by atoms with Gasteiger partial charge in [-0.3, -0.25) is 9.48 Å². The highest BCUT2D eigenvalue weighted by molar-refractivity contribution is 6.30. The first-order valence-corrected chi connectivity index (χ1v) is 16.6. The third kappa shape index (κ3) is 11.3. The van der Waals surface area contributed by atoms with Gasteiger partial charge < -0.3 is 15.3 Å². The molecule has 1 saturated carbocycles. The fourth-order valence-electron chi connectivity index (χ4n) is 6.36. The van der Waals surface area contributed by atoms with Crippen LogP contribution < -0.4 is 5.32 Å². The van der Waals surface area contributed by atoms with Gasteiger partial charge in [0.15, 0.2) is 0 Å². The van der Waals surface area contributed by atoms with Crippen LogP contribution in [0, 0.1) is 23.6 Å². The van der Waals surface area contributed by atoms with Gasteiger partial charge in [0.05, 0.1) is 5.69 Å². The molecule has 1 aromatic heterocycles. The molecule has 3 aromatic rings. The molecule has 1 aliphatic heterocycles. The van der Waals surface area contributed by atoms with Crippen LogP contribution in [0.3, 0.4) is 0 Å². The Morgan fingerprint density at radius 3 is 2.18 bits per heavy atom. The number of aryl methyl sites for hydroxylation is 1. The summed E-state index contributed by atoms with van der Waals surface area (Å²) >= 11 is 6.02. The predicted octanol–water partition coefficient (Wildman–Crippen LogP) is 7.90. The van der Waals surface area contributed by atoms with E-state index in [1.807, 2.05) is 26.0 Å². The minimum atomic E-state index is -0.785. The van der Waals surface area contributed by atoms with Crippen molar-refractivity contribution in [3.63, 3.8) is 0 Å². The van der Waals surface area contributed by atoms with Crippen LogP contribution in [0.2, 0.25) is 5.02 Å². The zero-order valence-corrected chi connectivity index (χ0v) is 27.9. The molecule has 2 N–H and O–H groups in total. The number of likely N-dealkylation sites (N-methyl/N-ethyl adjacent to an activating group) is 1. The van der Waals surface area contributed by atoms with E-state index in [1.54, 1.807) is 25.2 Å². The summed E-state index contributed by atoms with van der Waals surface area (Å²) in [5.41, 5.74) is 3.90. The van der Waals surface area contributed by atoms with E-state index < -0.39 is 12.0 Å². The Kier molecular flexibility index (Phi) is 14.8. The molecule has 3 unspecified atom stereocenters. The van der Waals surface area contributed by atoms with Crippen molar-refractivity contribution in [3.8, 4) is 0 Å². The molecule has 2 aromatic carbocycles. The largest absolute Gasteiger partial charge is 0.480 e. The van der Waals surface area contributed by atoms with Crippen LogP contribution in [-0.4, -0.2) is 58.5 Å². The number of rotatable bonds is 9. The van der Waals surface area contributed by atoms with Gasteiger partial charge in [-0.05, 0) is 100.0 Å². The van der Waals surface area contributed by atoms with Crippen molar-refractivity contribution >= 4 is 17.6 Å². The van der Waals surface area contributed by atoms with Gasteiger partial charge in [-0.25, -0.2) is 4.39 Å². The lowest BCUT2D eigenvalue weighted by Gasteiger charge is -2.34. The molecule has 6 nitrogen and oxygen atoms in total. The van der Waals surface area contributed by atoms with Crippen LogP contribution in [0.5, 0.6) is 0 Å². The van der Waals surface area contributed by atoms with E-state index in [9.17, 15) is 9.18 Å². The minimum absolute atomic E-state index is 0.146. The number of halogens is 2. The fourth-order valence-corrected chi connectivity index (χ4v) is 6.49. The molecule has 8 heteroatoms. The van der Waals surface area contributed by atoms with E-state index in [4.69, 9.17) is 21.8 Å². The number of nitrogens with zero attached hydrogens (tertiary/aromatic N) is 3. The monoisotopic (exact) mass is 626 g/mol. The number of carbonyl (C=O) groups is 1. The Bertz CT molecular complexity index is 1240. The molecule has 0 spiro atoms. The first-order chi connectivity index (χ1) is 21.1. The lowest BCUT2D eigenvalue weighted by molar-refractivity contribution is -0.140. The predicted molar refractivity (Wildman–Crippen MR) is 179 cm³/mol. The Balaban J connectivity index is 0.000000271. The Labute approximate surface area is 269 Å². The minimum Gasteiger partial charge on any atom is -0.480 e. The maximum absolute atomic E-state index is 11.9. The smallest absolute Gasteiger partial charge is 0.320 e. The van der Waals surface area contributed by atoms with E-state index in [0.29, 0.717) is 5.92 Å². The first-order valence-electron chi connectivity index (χ1n) is 16.2. The van der Waals surface area contributed by atoms with Crippen molar-refractivity contribution in [1.82, 2.24) is 20.0 Å². The SMILES string of the molecule is CCn1nc(Cc2ccc(Cl)cc2)cc1C1CCN(CC2CCCC2C)CC1.CNC(C(=O)O)C(C)C.Fc1ccccc1. The molecule has 0 radical (unpaired) electrons. The maximum atomic E-state index is 11.9. The summed E-state index contributed by atoms with van der Waals surface area (Å²) in [7, 11) is 1.65. The second-order valence-corrected chi connectivity index (χ2v) is 13.0. The van der Waals surface area contributed by atoms with Gasteiger partial charge in [-0.15, -0.1) is 0 Å². The zero-order valence-electron chi connectivity index (χ0n) is 27.2. The van der Waals surface area contributed by atoms with Gasteiger partial charge in [0.1, 0.15) is 11.9 Å². The summed E-state index contributed by atoms with van der Waals surface area (Å²) in [6.45, 7) is 13.2. The summed E-state index contributed by atoms with van der Waals surface area (Å²) in [6.07, 6.45) is 7.75. The molecule has 0 amide bonds. The highest BCUT2D eigenvalue weighted by atomic mass is 35.5. The van der Waals surface area contributed by atoms with Crippen LogP contribution in [-0.2, 0) is 17.8 Å². The summed E-state index contributed by atoms with van der Waals surface area (Å²) in [4.78, 5) is 13.0. The molecule has 44 heavy (non-hydrogen) atoms. The Morgan fingerprint density at radius 2 is 1.73 bits per heavy atom. The van der Waals surface area contributed by atoms with E-state index in [0.717, 1.165) is 29.8 Å². The van der Waals surface area contributed by atoms with E-state index in [1.165, 1.54) is 80.8 Å². The van der Waals surface area contributed by atoms with Crippen molar-refractivity contribution < 1.29 is 14.3 Å².